The summed E-state index contributed by atoms with van der Waals surface area (Å²) in [5.41, 5.74) is 3.13. The van der Waals surface area contributed by atoms with Gasteiger partial charge in [-0.15, -0.1) is 0 Å². The highest BCUT2D eigenvalue weighted by Gasteiger charge is 2.33. The standard InChI is InChI=1S/C30H36ClN3O4S/c1-5-19-32-30(36)28(6-2)33(20-24-11-7-22(3)8-12-24)29(35)21-34(26-15-13-25(31)14-16-26)39(37,38)27-17-9-23(4)10-18-27/h7-18,28H,5-6,19-21H2,1-4H3,(H,32,36). The maximum atomic E-state index is 14.0. The van der Waals surface area contributed by atoms with Crippen molar-refractivity contribution < 1.29 is 18.0 Å². The molecule has 0 saturated carbocycles. The average Bonchev–Trinajstić information content (AvgIpc) is 2.92. The highest BCUT2D eigenvalue weighted by Crippen LogP contribution is 2.26. The zero-order valence-corrected chi connectivity index (χ0v) is 24.4. The first-order valence-electron chi connectivity index (χ1n) is 13.0. The second-order valence-electron chi connectivity index (χ2n) is 9.52. The summed E-state index contributed by atoms with van der Waals surface area (Å²) in [6, 6.07) is 19.7. The van der Waals surface area contributed by atoms with Gasteiger partial charge in [0.05, 0.1) is 10.6 Å². The van der Waals surface area contributed by atoms with Gasteiger partial charge in [-0.3, -0.25) is 13.9 Å². The lowest BCUT2D eigenvalue weighted by Crippen LogP contribution is -2.52. The van der Waals surface area contributed by atoms with Gasteiger partial charge in [-0.25, -0.2) is 8.42 Å². The average molecular weight is 570 g/mol. The number of hydrogen-bond donors (Lipinski definition) is 1. The van der Waals surface area contributed by atoms with Gasteiger partial charge >= 0.3 is 0 Å². The van der Waals surface area contributed by atoms with Crippen LogP contribution in [0.25, 0.3) is 0 Å². The number of carbonyl (C=O) groups is 2. The number of amides is 2. The molecule has 0 aliphatic heterocycles. The van der Waals surface area contributed by atoms with Crippen LogP contribution in [0.3, 0.4) is 0 Å². The Labute approximate surface area is 236 Å². The van der Waals surface area contributed by atoms with Gasteiger partial charge in [0, 0.05) is 18.1 Å². The molecule has 1 atom stereocenters. The van der Waals surface area contributed by atoms with Crippen LogP contribution in [0.4, 0.5) is 5.69 Å². The van der Waals surface area contributed by atoms with Crippen molar-refractivity contribution in [2.45, 2.75) is 58.0 Å². The van der Waals surface area contributed by atoms with Crippen molar-refractivity contribution in [1.29, 1.82) is 0 Å². The van der Waals surface area contributed by atoms with Gasteiger partial charge in [0.25, 0.3) is 10.0 Å². The number of carbonyl (C=O) groups excluding carboxylic acids is 2. The minimum atomic E-state index is -4.12. The molecule has 0 aromatic heterocycles. The van der Waals surface area contributed by atoms with E-state index >= 15 is 0 Å². The zero-order valence-electron chi connectivity index (χ0n) is 22.9. The van der Waals surface area contributed by atoms with Crippen molar-refractivity contribution in [1.82, 2.24) is 10.2 Å². The molecule has 3 rings (SSSR count). The van der Waals surface area contributed by atoms with Crippen LogP contribution in [-0.4, -0.2) is 44.3 Å². The van der Waals surface area contributed by atoms with Gasteiger partial charge in [-0.05, 0) is 68.7 Å². The number of halogens is 1. The van der Waals surface area contributed by atoms with Gasteiger partial charge in [-0.1, -0.05) is 73.0 Å². The van der Waals surface area contributed by atoms with Crippen molar-refractivity contribution in [2.75, 3.05) is 17.4 Å². The lowest BCUT2D eigenvalue weighted by molar-refractivity contribution is -0.140. The Kier molecular flexibility index (Phi) is 10.5. The van der Waals surface area contributed by atoms with Crippen molar-refractivity contribution >= 4 is 39.1 Å². The molecule has 3 aromatic carbocycles. The number of hydrogen-bond acceptors (Lipinski definition) is 4. The number of nitrogens with zero attached hydrogens (tertiary/aromatic N) is 2. The summed E-state index contributed by atoms with van der Waals surface area (Å²) in [5, 5.41) is 3.33. The molecule has 0 radical (unpaired) electrons. The molecule has 1 N–H and O–H groups in total. The van der Waals surface area contributed by atoms with E-state index in [0.717, 1.165) is 27.4 Å². The first-order chi connectivity index (χ1) is 18.6. The number of sulfonamides is 1. The molecule has 9 heteroatoms. The van der Waals surface area contributed by atoms with Crippen molar-refractivity contribution in [3.05, 3.63) is 94.5 Å². The lowest BCUT2D eigenvalue weighted by atomic mass is 10.1. The number of anilines is 1. The fourth-order valence-electron chi connectivity index (χ4n) is 4.15. The molecule has 0 aliphatic rings. The third-order valence-electron chi connectivity index (χ3n) is 6.41. The molecular weight excluding hydrogens is 534 g/mol. The topological polar surface area (TPSA) is 86.8 Å². The smallest absolute Gasteiger partial charge is 0.264 e. The molecular formula is C30H36ClN3O4S. The molecule has 0 heterocycles. The van der Waals surface area contributed by atoms with E-state index in [1.807, 2.05) is 52.0 Å². The minimum absolute atomic E-state index is 0.0636. The molecule has 0 bridgehead atoms. The van der Waals surface area contributed by atoms with E-state index < -0.39 is 28.5 Å². The molecule has 0 spiro atoms. The van der Waals surface area contributed by atoms with Gasteiger partial charge in [-0.2, -0.15) is 0 Å². The van der Waals surface area contributed by atoms with Gasteiger partial charge < -0.3 is 10.2 Å². The minimum Gasteiger partial charge on any atom is -0.354 e. The molecule has 1 unspecified atom stereocenters. The van der Waals surface area contributed by atoms with Crippen LogP contribution in [0, 0.1) is 13.8 Å². The van der Waals surface area contributed by atoms with Crippen LogP contribution in [0.5, 0.6) is 0 Å². The third kappa shape index (κ3) is 7.83. The fraction of sp³-hybridized carbons (Fsp3) is 0.333. The third-order valence-corrected chi connectivity index (χ3v) is 8.45. The van der Waals surface area contributed by atoms with Crippen molar-refractivity contribution in [3.8, 4) is 0 Å². The summed E-state index contributed by atoms with van der Waals surface area (Å²) >= 11 is 6.07. The molecule has 39 heavy (non-hydrogen) atoms. The summed E-state index contributed by atoms with van der Waals surface area (Å²) in [7, 11) is -4.12. The van der Waals surface area contributed by atoms with Crippen LogP contribution >= 0.6 is 11.6 Å². The molecule has 3 aromatic rings. The van der Waals surface area contributed by atoms with Crippen LogP contribution in [0.1, 0.15) is 43.4 Å². The summed E-state index contributed by atoms with van der Waals surface area (Å²) in [4.78, 5) is 28.6. The van der Waals surface area contributed by atoms with Crippen LogP contribution in [0.2, 0.25) is 5.02 Å². The molecule has 0 aliphatic carbocycles. The van der Waals surface area contributed by atoms with E-state index in [9.17, 15) is 18.0 Å². The molecule has 208 valence electrons. The van der Waals surface area contributed by atoms with E-state index in [0.29, 0.717) is 23.7 Å². The van der Waals surface area contributed by atoms with Gasteiger partial charge in [0.2, 0.25) is 11.8 Å². The zero-order chi connectivity index (χ0) is 28.6. The number of rotatable bonds is 12. The Hall–Kier alpha value is -3.36. The quantitative estimate of drug-likeness (QED) is 0.313. The first kappa shape index (κ1) is 30.2. The Balaban J connectivity index is 2.03. The lowest BCUT2D eigenvalue weighted by Gasteiger charge is -2.33. The Morgan fingerprint density at radius 3 is 1.97 bits per heavy atom. The van der Waals surface area contributed by atoms with E-state index in [1.165, 1.54) is 17.0 Å². The number of aryl methyl sites for hydroxylation is 2. The van der Waals surface area contributed by atoms with E-state index in [-0.39, 0.29) is 17.3 Å². The second-order valence-corrected chi connectivity index (χ2v) is 11.8. The SMILES string of the molecule is CCCNC(=O)C(CC)N(Cc1ccc(C)cc1)C(=O)CN(c1ccc(Cl)cc1)S(=O)(=O)c1ccc(C)cc1. The second kappa shape index (κ2) is 13.6. The Morgan fingerprint density at radius 2 is 1.44 bits per heavy atom. The van der Waals surface area contributed by atoms with Gasteiger partial charge in [0.1, 0.15) is 12.6 Å². The highest BCUT2D eigenvalue weighted by molar-refractivity contribution is 7.92. The molecule has 0 fully saturated rings. The molecule has 0 saturated heterocycles. The predicted molar refractivity (Wildman–Crippen MR) is 156 cm³/mol. The Bertz CT molecular complexity index is 1360. The van der Waals surface area contributed by atoms with Crippen LogP contribution in [0.15, 0.2) is 77.7 Å². The Morgan fingerprint density at radius 1 is 0.872 bits per heavy atom. The summed E-state index contributed by atoms with van der Waals surface area (Å²) < 4.78 is 28.8. The van der Waals surface area contributed by atoms with Crippen LogP contribution < -0.4 is 9.62 Å². The highest BCUT2D eigenvalue weighted by atomic mass is 35.5. The molecule has 2 amide bonds. The van der Waals surface area contributed by atoms with E-state index in [4.69, 9.17) is 11.6 Å². The monoisotopic (exact) mass is 569 g/mol. The van der Waals surface area contributed by atoms with Gasteiger partial charge in [0.15, 0.2) is 0 Å². The summed E-state index contributed by atoms with van der Waals surface area (Å²) in [6.07, 6.45) is 1.13. The normalized spacial score (nSPS) is 12.0. The summed E-state index contributed by atoms with van der Waals surface area (Å²) in [5.74, 6) is -0.751. The van der Waals surface area contributed by atoms with Crippen LogP contribution in [-0.2, 0) is 26.2 Å². The van der Waals surface area contributed by atoms with E-state index in [1.54, 1.807) is 36.4 Å². The summed E-state index contributed by atoms with van der Waals surface area (Å²) in [6.45, 7) is 7.80. The van der Waals surface area contributed by atoms with Crippen molar-refractivity contribution in [3.63, 3.8) is 0 Å². The number of benzene rings is 3. The van der Waals surface area contributed by atoms with E-state index in [2.05, 4.69) is 5.32 Å². The first-order valence-corrected chi connectivity index (χ1v) is 14.9. The maximum Gasteiger partial charge on any atom is 0.264 e. The number of nitrogens with one attached hydrogen (secondary N) is 1. The molecule has 7 nitrogen and oxygen atoms in total. The maximum absolute atomic E-state index is 14.0. The van der Waals surface area contributed by atoms with Crippen molar-refractivity contribution in [2.24, 2.45) is 0 Å². The fourth-order valence-corrected chi connectivity index (χ4v) is 5.69. The largest absolute Gasteiger partial charge is 0.354 e. The predicted octanol–water partition coefficient (Wildman–Crippen LogP) is 5.49.